The predicted octanol–water partition coefficient (Wildman–Crippen LogP) is 2.51. The van der Waals surface area contributed by atoms with Crippen LogP contribution in [0.4, 0.5) is 5.69 Å². The van der Waals surface area contributed by atoms with Crippen molar-refractivity contribution in [1.29, 1.82) is 0 Å². The number of rotatable bonds is 6. The number of hydrogen-bond acceptors (Lipinski definition) is 3. The smallest absolute Gasteiger partial charge is 0.313 e. The Bertz CT molecular complexity index is 836. The molecular formula is C19H18ClN3O3. The number of para-hydroxylation sites is 1. The summed E-state index contributed by atoms with van der Waals surface area (Å²) in [5.74, 6) is -2.05. The first kappa shape index (κ1) is 19.2. The van der Waals surface area contributed by atoms with Crippen LogP contribution in [0.15, 0.2) is 61.2 Å². The zero-order valence-electron chi connectivity index (χ0n) is 13.9. The van der Waals surface area contributed by atoms with Crippen LogP contribution in [0.5, 0.6) is 0 Å². The van der Waals surface area contributed by atoms with Crippen molar-refractivity contribution >= 4 is 35.0 Å². The summed E-state index contributed by atoms with van der Waals surface area (Å²) < 4.78 is 0. The number of amides is 3. The minimum absolute atomic E-state index is 0.161. The third kappa shape index (κ3) is 5.46. The molecule has 3 N–H and O–H groups in total. The van der Waals surface area contributed by atoms with Crippen molar-refractivity contribution in [2.45, 2.75) is 6.54 Å². The molecule has 7 heteroatoms. The van der Waals surface area contributed by atoms with E-state index in [-0.39, 0.29) is 23.7 Å². The number of halogens is 1. The van der Waals surface area contributed by atoms with Crippen LogP contribution in [-0.2, 0) is 16.1 Å². The Kier molecular flexibility index (Phi) is 6.93. The molecule has 0 fully saturated rings. The van der Waals surface area contributed by atoms with Crippen LogP contribution < -0.4 is 16.0 Å². The van der Waals surface area contributed by atoms with Crippen molar-refractivity contribution in [2.75, 3.05) is 11.9 Å². The van der Waals surface area contributed by atoms with E-state index in [4.69, 9.17) is 11.6 Å². The van der Waals surface area contributed by atoms with Gasteiger partial charge in [-0.2, -0.15) is 0 Å². The van der Waals surface area contributed by atoms with E-state index in [0.717, 1.165) is 5.56 Å². The molecule has 0 saturated heterocycles. The van der Waals surface area contributed by atoms with Crippen molar-refractivity contribution < 1.29 is 14.4 Å². The summed E-state index contributed by atoms with van der Waals surface area (Å²) in [6, 6.07) is 13.4. The molecule has 0 aliphatic rings. The van der Waals surface area contributed by atoms with E-state index in [2.05, 4.69) is 22.5 Å². The van der Waals surface area contributed by atoms with Gasteiger partial charge in [0.2, 0.25) is 0 Å². The molecule has 0 bridgehead atoms. The summed E-state index contributed by atoms with van der Waals surface area (Å²) in [6.07, 6.45) is 1.54. The second-order valence-corrected chi connectivity index (χ2v) is 5.75. The Morgan fingerprint density at radius 3 is 2.50 bits per heavy atom. The van der Waals surface area contributed by atoms with Gasteiger partial charge in [-0.3, -0.25) is 14.4 Å². The second kappa shape index (κ2) is 9.39. The molecule has 2 rings (SSSR count). The highest BCUT2D eigenvalue weighted by Crippen LogP contribution is 2.15. The van der Waals surface area contributed by atoms with Crippen LogP contribution in [0.1, 0.15) is 15.9 Å². The maximum Gasteiger partial charge on any atom is 0.313 e. The predicted molar refractivity (Wildman–Crippen MR) is 101 cm³/mol. The molecule has 0 saturated carbocycles. The van der Waals surface area contributed by atoms with Crippen LogP contribution >= 0.6 is 11.6 Å². The van der Waals surface area contributed by atoms with Gasteiger partial charge < -0.3 is 16.0 Å². The normalized spacial score (nSPS) is 9.88. The lowest BCUT2D eigenvalue weighted by Gasteiger charge is -2.11. The van der Waals surface area contributed by atoms with Crippen molar-refractivity contribution in [3.63, 3.8) is 0 Å². The SMILES string of the molecule is C=CCNC(=O)c1ccccc1NC(=O)C(=O)NCc1cccc(Cl)c1. The molecule has 2 aromatic rings. The van der Waals surface area contributed by atoms with Crippen LogP contribution in [0.25, 0.3) is 0 Å². The van der Waals surface area contributed by atoms with E-state index < -0.39 is 11.8 Å². The molecule has 0 spiro atoms. The van der Waals surface area contributed by atoms with Gasteiger partial charge in [0.25, 0.3) is 5.91 Å². The van der Waals surface area contributed by atoms with Gasteiger partial charge in [-0.1, -0.05) is 41.9 Å². The number of benzene rings is 2. The highest BCUT2D eigenvalue weighted by molar-refractivity contribution is 6.40. The number of anilines is 1. The van der Waals surface area contributed by atoms with Crippen molar-refractivity contribution in [3.8, 4) is 0 Å². The Morgan fingerprint density at radius 2 is 1.77 bits per heavy atom. The molecule has 0 aliphatic heterocycles. The minimum atomic E-state index is -0.865. The summed E-state index contributed by atoms with van der Waals surface area (Å²) in [4.78, 5) is 36.2. The molecule has 134 valence electrons. The largest absolute Gasteiger partial charge is 0.349 e. The van der Waals surface area contributed by atoms with E-state index in [9.17, 15) is 14.4 Å². The van der Waals surface area contributed by atoms with Gasteiger partial charge in [-0.15, -0.1) is 6.58 Å². The molecule has 0 unspecified atom stereocenters. The van der Waals surface area contributed by atoms with Crippen molar-refractivity contribution in [3.05, 3.63) is 77.3 Å². The molecule has 6 nitrogen and oxygen atoms in total. The first-order valence-electron chi connectivity index (χ1n) is 7.83. The third-order valence-corrected chi connectivity index (χ3v) is 3.61. The lowest BCUT2D eigenvalue weighted by atomic mass is 10.1. The van der Waals surface area contributed by atoms with Crippen molar-refractivity contribution in [2.24, 2.45) is 0 Å². The Hall–Kier alpha value is -3.12. The quantitative estimate of drug-likeness (QED) is 0.538. The standard InChI is InChI=1S/C19H18ClN3O3/c1-2-10-21-17(24)15-8-3-4-9-16(15)23-19(26)18(25)22-12-13-6-5-7-14(20)11-13/h2-9,11H,1,10,12H2,(H,21,24)(H,22,25)(H,23,26). The first-order valence-corrected chi connectivity index (χ1v) is 8.21. The average Bonchev–Trinajstić information content (AvgIpc) is 2.64. The fourth-order valence-electron chi connectivity index (χ4n) is 2.14. The third-order valence-electron chi connectivity index (χ3n) is 3.38. The summed E-state index contributed by atoms with van der Waals surface area (Å²) >= 11 is 5.88. The van der Waals surface area contributed by atoms with E-state index >= 15 is 0 Å². The molecule has 3 amide bonds. The maximum absolute atomic E-state index is 12.1. The minimum Gasteiger partial charge on any atom is -0.349 e. The number of carbonyl (C=O) groups is 3. The summed E-state index contributed by atoms with van der Waals surface area (Å²) in [6.45, 7) is 3.98. The maximum atomic E-state index is 12.1. The second-order valence-electron chi connectivity index (χ2n) is 5.31. The Morgan fingerprint density at radius 1 is 1.00 bits per heavy atom. The zero-order valence-corrected chi connectivity index (χ0v) is 14.7. The lowest BCUT2D eigenvalue weighted by molar-refractivity contribution is -0.136. The molecule has 0 radical (unpaired) electrons. The van der Waals surface area contributed by atoms with Crippen LogP contribution in [-0.4, -0.2) is 24.3 Å². The van der Waals surface area contributed by atoms with E-state index in [1.54, 1.807) is 54.6 Å². The van der Waals surface area contributed by atoms with Gasteiger partial charge in [0.15, 0.2) is 0 Å². The van der Waals surface area contributed by atoms with E-state index in [1.807, 2.05) is 0 Å². The topological polar surface area (TPSA) is 87.3 Å². The van der Waals surface area contributed by atoms with E-state index in [0.29, 0.717) is 11.6 Å². The van der Waals surface area contributed by atoms with Crippen LogP contribution in [0, 0.1) is 0 Å². The van der Waals surface area contributed by atoms with Crippen LogP contribution in [0.3, 0.4) is 0 Å². The summed E-state index contributed by atoms with van der Waals surface area (Å²) in [5, 5.41) is 8.12. The van der Waals surface area contributed by atoms with Gasteiger partial charge >= 0.3 is 11.8 Å². The van der Waals surface area contributed by atoms with Crippen LogP contribution in [0.2, 0.25) is 5.02 Å². The van der Waals surface area contributed by atoms with Gasteiger partial charge in [-0.05, 0) is 29.8 Å². The highest BCUT2D eigenvalue weighted by Gasteiger charge is 2.17. The Balaban J connectivity index is 1.99. The first-order chi connectivity index (χ1) is 12.5. The zero-order chi connectivity index (χ0) is 18.9. The van der Waals surface area contributed by atoms with Gasteiger partial charge in [0, 0.05) is 18.1 Å². The number of hydrogen-bond donors (Lipinski definition) is 3. The number of carbonyl (C=O) groups excluding carboxylic acids is 3. The Labute approximate surface area is 156 Å². The molecule has 2 aromatic carbocycles. The molecule has 26 heavy (non-hydrogen) atoms. The fourth-order valence-corrected chi connectivity index (χ4v) is 2.35. The van der Waals surface area contributed by atoms with Gasteiger partial charge in [0.05, 0.1) is 11.3 Å². The number of nitrogens with one attached hydrogen (secondary N) is 3. The van der Waals surface area contributed by atoms with Gasteiger partial charge in [0.1, 0.15) is 0 Å². The van der Waals surface area contributed by atoms with Crippen molar-refractivity contribution in [1.82, 2.24) is 10.6 Å². The lowest BCUT2D eigenvalue weighted by Crippen LogP contribution is -2.35. The van der Waals surface area contributed by atoms with E-state index in [1.165, 1.54) is 0 Å². The van der Waals surface area contributed by atoms with Gasteiger partial charge in [-0.25, -0.2) is 0 Å². The molecule has 0 aliphatic carbocycles. The summed E-state index contributed by atoms with van der Waals surface area (Å²) in [5.41, 5.74) is 1.27. The molecule has 0 atom stereocenters. The fraction of sp³-hybridized carbons (Fsp3) is 0.105. The highest BCUT2D eigenvalue weighted by atomic mass is 35.5. The average molecular weight is 372 g/mol. The molecule has 0 aromatic heterocycles. The molecule has 0 heterocycles. The summed E-state index contributed by atoms with van der Waals surface area (Å²) in [7, 11) is 0. The monoisotopic (exact) mass is 371 g/mol. The molecular weight excluding hydrogens is 354 g/mol.